The zero-order valence-corrected chi connectivity index (χ0v) is 12.2. The van der Waals surface area contributed by atoms with Crippen LogP contribution in [0.2, 0.25) is 0 Å². The predicted molar refractivity (Wildman–Crippen MR) is 83.6 cm³/mol. The van der Waals surface area contributed by atoms with Crippen molar-refractivity contribution < 1.29 is 0 Å². The third-order valence-electron chi connectivity index (χ3n) is 3.66. The Labute approximate surface area is 115 Å². The van der Waals surface area contributed by atoms with Crippen molar-refractivity contribution in [3.8, 4) is 0 Å². The molecular formula is C17H22N2. The van der Waals surface area contributed by atoms with Gasteiger partial charge >= 0.3 is 0 Å². The molecule has 0 atom stereocenters. The summed E-state index contributed by atoms with van der Waals surface area (Å²) in [6, 6.07) is 12.7. The number of hydrogen-bond acceptors (Lipinski definition) is 2. The van der Waals surface area contributed by atoms with E-state index in [1.165, 1.54) is 27.9 Å². The van der Waals surface area contributed by atoms with Crippen LogP contribution in [0.4, 0.5) is 11.4 Å². The first-order valence-electron chi connectivity index (χ1n) is 6.61. The largest absolute Gasteiger partial charge is 0.399 e. The van der Waals surface area contributed by atoms with Crippen LogP contribution in [-0.2, 0) is 6.54 Å². The second-order valence-corrected chi connectivity index (χ2v) is 5.28. The van der Waals surface area contributed by atoms with Crippen molar-refractivity contribution in [2.45, 2.75) is 27.3 Å². The van der Waals surface area contributed by atoms with Gasteiger partial charge in [0.15, 0.2) is 0 Å². The molecule has 100 valence electrons. The van der Waals surface area contributed by atoms with Crippen molar-refractivity contribution in [1.82, 2.24) is 0 Å². The molecule has 2 nitrogen and oxygen atoms in total. The topological polar surface area (TPSA) is 29.3 Å². The molecule has 0 aliphatic carbocycles. The van der Waals surface area contributed by atoms with Crippen molar-refractivity contribution in [1.29, 1.82) is 0 Å². The Morgan fingerprint density at radius 1 is 1.05 bits per heavy atom. The molecule has 0 saturated carbocycles. The summed E-state index contributed by atoms with van der Waals surface area (Å²) >= 11 is 0. The lowest BCUT2D eigenvalue weighted by Gasteiger charge is -2.23. The molecule has 0 bridgehead atoms. The number of nitrogen functional groups attached to an aromatic ring is 1. The highest BCUT2D eigenvalue weighted by Gasteiger charge is 2.08. The first kappa shape index (κ1) is 13.5. The van der Waals surface area contributed by atoms with Crippen molar-refractivity contribution >= 4 is 11.4 Å². The summed E-state index contributed by atoms with van der Waals surface area (Å²) in [6.07, 6.45) is 0. The van der Waals surface area contributed by atoms with E-state index < -0.39 is 0 Å². The smallest absolute Gasteiger partial charge is 0.0429 e. The van der Waals surface area contributed by atoms with Crippen LogP contribution in [0.5, 0.6) is 0 Å². The molecule has 0 aromatic heterocycles. The molecule has 0 fully saturated rings. The second kappa shape index (κ2) is 5.35. The standard InChI is InChI=1S/C17H22N2/c1-12-8-9-17(13(2)10-12)19(4)11-15-6-5-7-16(18)14(15)3/h5-10H,11,18H2,1-4H3. The number of anilines is 2. The fourth-order valence-corrected chi connectivity index (χ4v) is 2.45. The van der Waals surface area contributed by atoms with Crippen molar-refractivity contribution in [2.24, 2.45) is 0 Å². The van der Waals surface area contributed by atoms with E-state index in [1.807, 2.05) is 12.1 Å². The number of nitrogens with two attached hydrogens (primary N) is 1. The highest BCUT2D eigenvalue weighted by atomic mass is 15.1. The van der Waals surface area contributed by atoms with Crippen LogP contribution in [0, 0.1) is 20.8 Å². The van der Waals surface area contributed by atoms with E-state index in [1.54, 1.807) is 0 Å². The molecule has 0 amide bonds. The quantitative estimate of drug-likeness (QED) is 0.843. The number of benzene rings is 2. The van der Waals surface area contributed by atoms with Gasteiger partial charge in [-0.1, -0.05) is 29.8 Å². The van der Waals surface area contributed by atoms with Gasteiger partial charge in [-0.3, -0.25) is 0 Å². The average molecular weight is 254 g/mol. The van der Waals surface area contributed by atoms with Crippen LogP contribution >= 0.6 is 0 Å². The van der Waals surface area contributed by atoms with Crippen LogP contribution < -0.4 is 10.6 Å². The zero-order valence-electron chi connectivity index (χ0n) is 12.2. The molecule has 2 rings (SSSR count). The molecule has 0 radical (unpaired) electrons. The number of aryl methyl sites for hydroxylation is 2. The Morgan fingerprint density at radius 3 is 2.47 bits per heavy atom. The Kier molecular flexibility index (Phi) is 3.79. The van der Waals surface area contributed by atoms with Gasteiger partial charge in [0.25, 0.3) is 0 Å². The highest BCUT2D eigenvalue weighted by Crippen LogP contribution is 2.23. The fourth-order valence-electron chi connectivity index (χ4n) is 2.45. The third-order valence-corrected chi connectivity index (χ3v) is 3.66. The SMILES string of the molecule is Cc1ccc(N(C)Cc2cccc(N)c2C)c(C)c1. The molecule has 2 heteroatoms. The number of nitrogens with zero attached hydrogens (tertiary/aromatic N) is 1. The van der Waals surface area contributed by atoms with Crippen molar-refractivity contribution in [3.05, 3.63) is 58.7 Å². The van der Waals surface area contributed by atoms with E-state index in [2.05, 4.69) is 57.0 Å². The maximum atomic E-state index is 5.97. The van der Waals surface area contributed by atoms with Gasteiger partial charge in [-0.15, -0.1) is 0 Å². The summed E-state index contributed by atoms with van der Waals surface area (Å²) in [6.45, 7) is 7.24. The molecule has 19 heavy (non-hydrogen) atoms. The second-order valence-electron chi connectivity index (χ2n) is 5.28. The van der Waals surface area contributed by atoms with Gasteiger partial charge in [-0.05, 0) is 49.6 Å². The van der Waals surface area contributed by atoms with Gasteiger partial charge in [0, 0.05) is 25.0 Å². The lowest BCUT2D eigenvalue weighted by atomic mass is 10.1. The molecule has 2 N–H and O–H groups in total. The molecular weight excluding hydrogens is 232 g/mol. The summed E-state index contributed by atoms with van der Waals surface area (Å²) in [5.74, 6) is 0. The van der Waals surface area contributed by atoms with Gasteiger partial charge in [0.1, 0.15) is 0 Å². The Balaban J connectivity index is 2.25. The molecule has 2 aromatic carbocycles. The summed E-state index contributed by atoms with van der Waals surface area (Å²) in [4.78, 5) is 2.27. The van der Waals surface area contributed by atoms with Gasteiger partial charge in [0.05, 0.1) is 0 Å². The van der Waals surface area contributed by atoms with E-state index in [9.17, 15) is 0 Å². The van der Waals surface area contributed by atoms with Crippen LogP contribution in [-0.4, -0.2) is 7.05 Å². The molecule has 0 aliphatic heterocycles. The van der Waals surface area contributed by atoms with Crippen molar-refractivity contribution in [3.63, 3.8) is 0 Å². The average Bonchev–Trinajstić information content (AvgIpc) is 2.34. The van der Waals surface area contributed by atoms with Gasteiger partial charge < -0.3 is 10.6 Å². The maximum absolute atomic E-state index is 5.97. The normalized spacial score (nSPS) is 10.5. The van der Waals surface area contributed by atoms with E-state index in [0.29, 0.717) is 0 Å². The lowest BCUT2D eigenvalue weighted by molar-refractivity contribution is 0.909. The molecule has 0 spiro atoms. The number of rotatable bonds is 3. The van der Waals surface area contributed by atoms with Crippen LogP contribution in [0.15, 0.2) is 36.4 Å². The van der Waals surface area contributed by atoms with E-state index in [-0.39, 0.29) is 0 Å². The Bertz CT molecular complexity index is 588. The summed E-state index contributed by atoms with van der Waals surface area (Å²) in [5.41, 5.74) is 13.2. The highest BCUT2D eigenvalue weighted by molar-refractivity contribution is 5.56. The predicted octanol–water partition coefficient (Wildman–Crippen LogP) is 3.83. The summed E-state index contributed by atoms with van der Waals surface area (Å²) in [7, 11) is 2.13. The Morgan fingerprint density at radius 2 is 1.79 bits per heavy atom. The molecule has 0 unspecified atom stereocenters. The van der Waals surface area contributed by atoms with Gasteiger partial charge in [-0.2, -0.15) is 0 Å². The Hall–Kier alpha value is -1.96. The lowest BCUT2D eigenvalue weighted by Crippen LogP contribution is -2.18. The van der Waals surface area contributed by atoms with E-state index in [4.69, 9.17) is 5.73 Å². The molecule has 0 saturated heterocycles. The van der Waals surface area contributed by atoms with E-state index >= 15 is 0 Å². The zero-order chi connectivity index (χ0) is 14.0. The minimum absolute atomic E-state index is 0.867. The molecule has 0 aliphatic rings. The first-order chi connectivity index (χ1) is 8.99. The summed E-state index contributed by atoms with van der Waals surface area (Å²) in [5, 5.41) is 0. The fraction of sp³-hybridized carbons (Fsp3) is 0.294. The third kappa shape index (κ3) is 2.90. The maximum Gasteiger partial charge on any atom is 0.0429 e. The van der Waals surface area contributed by atoms with Gasteiger partial charge in [-0.25, -0.2) is 0 Å². The van der Waals surface area contributed by atoms with E-state index in [0.717, 1.165) is 12.2 Å². The number of hydrogen-bond donors (Lipinski definition) is 1. The summed E-state index contributed by atoms with van der Waals surface area (Å²) < 4.78 is 0. The minimum Gasteiger partial charge on any atom is -0.399 e. The minimum atomic E-state index is 0.867. The first-order valence-corrected chi connectivity index (χ1v) is 6.61. The van der Waals surface area contributed by atoms with Crippen LogP contribution in [0.25, 0.3) is 0 Å². The molecule has 2 aromatic rings. The molecule has 0 heterocycles. The van der Waals surface area contributed by atoms with Crippen molar-refractivity contribution in [2.75, 3.05) is 17.7 Å². The van der Waals surface area contributed by atoms with Crippen LogP contribution in [0.3, 0.4) is 0 Å². The monoisotopic (exact) mass is 254 g/mol. The van der Waals surface area contributed by atoms with Crippen LogP contribution in [0.1, 0.15) is 22.3 Å². The van der Waals surface area contributed by atoms with Gasteiger partial charge in [0.2, 0.25) is 0 Å².